The SMILES string of the molecule is CN(C)CCN1CCN(c2nc3c(oc4ccc(Br)cc43)c(=O)[nH]2)CC1. The van der Waals surface area contributed by atoms with Crippen LogP contribution in [0.5, 0.6) is 0 Å². The number of rotatable bonds is 4. The summed E-state index contributed by atoms with van der Waals surface area (Å²) in [5.41, 5.74) is 1.35. The number of likely N-dealkylation sites (N-methyl/N-ethyl adjacent to an activating group) is 1. The van der Waals surface area contributed by atoms with Gasteiger partial charge in [0, 0.05) is 49.1 Å². The first-order valence-corrected chi connectivity index (χ1v) is 9.55. The highest BCUT2D eigenvalue weighted by Gasteiger charge is 2.21. The van der Waals surface area contributed by atoms with Crippen molar-refractivity contribution >= 4 is 43.9 Å². The van der Waals surface area contributed by atoms with Crippen molar-refractivity contribution in [2.24, 2.45) is 0 Å². The summed E-state index contributed by atoms with van der Waals surface area (Å²) in [4.78, 5) is 26.9. The standard InChI is InChI=1S/C18H22BrN5O2/c1-22(2)5-6-23-7-9-24(10-8-23)18-20-15-13-11-12(19)3-4-14(13)26-16(15)17(25)21-18/h3-4,11H,5-10H2,1-2H3,(H,20,21,25). The van der Waals surface area contributed by atoms with Crippen LogP contribution in [0.25, 0.3) is 22.1 Å². The molecule has 1 N–H and O–H groups in total. The van der Waals surface area contributed by atoms with E-state index in [1.54, 1.807) is 0 Å². The number of fused-ring (bicyclic) bond motifs is 3. The number of benzene rings is 1. The van der Waals surface area contributed by atoms with Crippen molar-refractivity contribution in [3.05, 3.63) is 33.0 Å². The molecule has 3 aromatic rings. The van der Waals surface area contributed by atoms with Crippen LogP contribution >= 0.6 is 15.9 Å². The quantitative estimate of drug-likeness (QED) is 0.698. The lowest BCUT2D eigenvalue weighted by atomic mass is 10.2. The first-order chi connectivity index (χ1) is 12.5. The van der Waals surface area contributed by atoms with E-state index in [-0.39, 0.29) is 11.1 Å². The molecule has 1 saturated heterocycles. The van der Waals surface area contributed by atoms with Gasteiger partial charge in [-0.05, 0) is 32.3 Å². The Balaban J connectivity index is 1.60. The van der Waals surface area contributed by atoms with Gasteiger partial charge in [-0.15, -0.1) is 0 Å². The average molecular weight is 420 g/mol. The molecule has 138 valence electrons. The van der Waals surface area contributed by atoms with Crippen molar-refractivity contribution in [3.8, 4) is 0 Å². The number of halogens is 1. The van der Waals surface area contributed by atoms with Gasteiger partial charge in [-0.2, -0.15) is 0 Å². The molecule has 7 nitrogen and oxygen atoms in total. The molecule has 0 unspecified atom stereocenters. The van der Waals surface area contributed by atoms with Gasteiger partial charge >= 0.3 is 0 Å². The summed E-state index contributed by atoms with van der Waals surface area (Å²) < 4.78 is 6.63. The van der Waals surface area contributed by atoms with Crippen LogP contribution in [-0.2, 0) is 0 Å². The lowest BCUT2D eigenvalue weighted by Gasteiger charge is -2.35. The third-order valence-corrected chi connectivity index (χ3v) is 5.30. The van der Waals surface area contributed by atoms with Gasteiger partial charge in [-0.1, -0.05) is 15.9 Å². The first kappa shape index (κ1) is 17.5. The molecule has 1 aliphatic rings. The van der Waals surface area contributed by atoms with Crippen molar-refractivity contribution in [2.75, 3.05) is 58.3 Å². The van der Waals surface area contributed by atoms with Crippen LogP contribution in [0, 0.1) is 0 Å². The van der Waals surface area contributed by atoms with Crippen LogP contribution in [0.15, 0.2) is 31.9 Å². The van der Waals surface area contributed by atoms with Gasteiger partial charge in [0.1, 0.15) is 11.1 Å². The number of hydrogen-bond acceptors (Lipinski definition) is 6. The van der Waals surface area contributed by atoms with Crippen molar-refractivity contribution in [3.63, 3.8) is 0 Å². The van der Waals surface area contributed by atoms with Gasteiger partial charge in [-0.25, -0.2) is 4.98 Å². The fourth-order valence-electron chi connectivity index (χ4n) is 3.29. The predicted molar refractivity (Wildman–Crippen MR) is 107 cm³/mol. The van der Waals surface area contributed by atoms with E-state index in [9.17, 15) is 4.79 Å². The topological polar surface area (TPSA) is 68.6 Å². The second-order valence-corrected chi connectivity index (χ2v) is 7.86. The van der Waals surface area contributed by atoms with Gasteiger partial charge in [0.05, 0.1) is 0 Å². The third-order valence-electron chi connectivity index (χ3n) is 4.81. The molecule has 1 fully saturated rings. The summed E-state index contributed by atoms with van der Waals surface area (Å²) in [6.45, 7) is 5.74. The van der Waals surface area contributed by atoms with Crippen LogP contribution in [0.4, 0.5) is 5.95 Å². The van der Waals surface area contributed by atoms with Gasteiger partial charge in [0.25, 0.3) is 5.56 Å². The van der Waals surface area contributed by atoms with Gasteiger partial charge < -0.3 is 14.2 Å². The molecule has 0 amide bonds. The highest BCUT2D eigenvalue weighted by atomic mass is 79.9. The highest BCUT2D eigenvalue weighted by Crippen LogP contribution is 2.28. The molecule has 0 saturated carbocycles. The number of anilines is 1. The van der Waals surface area contributed by atoms with E-state index in [0.717, 1.165) is 49.1 Å². The third kappa shape index (κ3) is 3.36. The summed E-state index contributed by atoms with van der Waals surface area (Å²) >= 11 is 3.47. The maximum atomic E-state index is 12.5. The summed E-state index contributed by atoms with van der Waals surface area (Å²) in [7, 11) is 4.18. The molecule has 0 bridgehead atoms. The Hall–Kier alpha value is -1.90. The molecule has 1 aromatic carbocycles. The predicted octanol–water partition coefficient (Wildman–Crippen LogP) is 2.12. The number of furan rings is 1. The van der Waals surface area contributed by atoms with Gasteiger partial charge in [-0.3, -0.25) is 14.7 Å². The number of nitrogens with one attached hydrogen (secondary N) is 1. The van der Waals surface area contributed by atoms with Crippen LogP contribution in [-0.4, -0.2) is 73.1 Å². The largest absolute Gasteiger partial charge is 0.449 e. The molecule has 0 aliphatic carbocycles. The van der Waals surface area contributed by atoms with Crippen molar-refractivity contribution < 1.29 is 4.42 Å². The lowest BCUT2D eigenvalue weighted by molar-refractivity contribution is 0.229. The summed E-state index contributed by atoms with van der Waals surface area (Å²) in [5, 5.41) is 0.853. The van der Waals surface area contributed by atoms with E-state index in [4.69, 9.17) is 9.40 Å². The zero-order chi connectivity index (χ0) is 18.3. The Labute approximate surface area is 159 Å². The Kier molecular flexibility index (Phi) is 4.73. The minimum absolute atomic E-state index is 0.229. The van der Waals surface area contributed by atoms with E-state index in [2.05, 4.69) is 49.7 Å². The summed E-state index contributed by atoms with van der Waals surface area (Å²) in [6.07, 6.45) is 0. The lowest BCUT2D eigenvalue weighted by Crippen LogP contribution is -2.48. The molecule has 8 heteroatoms. The van der Waals surface area contributed by atoms with E-state index in [0.29, 0.717) is 17.0 Å². The van der Waals surface area contributed by atoms with Crippen molar-refractivity contribution in [2.45, 2.75) is 0 Å². The molecule has 0 radical (unpaired) electrons. The fourth-order valence-corrected chi connectivity index (χ4v) is 3.65. The van der Waals surface area contributed by atoms with Crippen molar-refractivity contribution in [1.29, 1.82) is 0 Å². The second kappa shape index (κ2) is 7.02. The maximum absolute atomic E-state index is 12.5. The summed E-state index contributed by atoms with van der Waals surface area (Å²) in [6, 6.07) is 5.69. The Morgan fingerprint density at radius 3 is 2.77 bits per heavy atom. The van der Waals surface area contributed by atoms with E-state index in [1.165, 1.54) is 0 Å². The number of nitrogens with zero attached hydrogens (tertiary/aromatic N) is 4. The zero-order valence-corrected chi connectivity index (χ0v) is 16.5. The monoisotopic (exact) mass is 419 g/mol. The zero-order valence-electron chi connectivity index (χ0n) is 15.0. The average Bonchev–Trinajstić information content (AvgIpc) is 2.99. The Bertz CT molecular complexity index is 988. The molecular weight excluding hydrogens is 398 g/mol. The highest BCUT2D eigenvalue weighted by molar-refractivity contribution is 9.10. The van der Waals surface area contributed by atoms with Crippen LogP contribution in [0.2, 0.25) is 0 Å². The molecular formula is C18H22BrN5O2. The van der Waals surface area contributed by atoms with Gasteiger partial charge in [0.2, 0.25) is 11.5 Å². The summed E-state index contributed by atoms with van der Waals surface area (Å²) in [5.74, 6) is 0.623. The fraction of sp³-hybridized carbons (Fsp3) is 0.444. The number of aromatic nitrogens is 2. The molecule has 1 aliphatic heterocycles. The molecule has 2 aromatic heterocycles. The van der Waals surface area contributed by atoms with E-state index in [1.807, 2.05) is 18.2 Å². The number of hydrogen-bond donors (Lipinski definition) is 1. The molecule has 4 rings (SSSR count). The van der Waals surface area contributed by atoms with E-state index < -0.39 is 0 Å². The van der Waals surface area contributed by atoms with Gasteiger partial charge in [0.15, 0.2) is 0 Å². The Morgan fingerprint density at radius 2 is 2.04 bits per heavy atom. The number of H-pyrrole nitrogens is 1. The maximum Gasteiger partial charge on any atom is 0.296 e. The number of aromatic amines is 1. The minimum atomic E-state index is -0.229. The molecule has 0 spiro atoms. The smallest absolute Gasteiger partial charge is 0.296 e. The number of piperazine rings is 1. The molecule has 26 heavy (non-hydrogen) atoms. The minimum Gasteiger partial charge on any atom is -0.449 e. The normalized spacial score (nSPS) is 16.2. The molecule has 0 atom stereocenters. The molecule has 3 heterocycles. The van der Waals surface area contributed by atoms with Crippen LogP contribution in [0.3, 0.4) is 0 Å². The van der Waals surface area contributed by atoms with Crippen LogP contribution in [0.1, 0.15) is 0 Å². The first-order valence-electron chi connectivity index (χ1n) is 8.75. The van der Waals surface area contributed by atoms with Crippen molar-refractivity contribution in [1.82, 2.24) is 19.8 Å². The second-order valence-electron chi connectivity index (χ2n) is 6.94. The van der Waals surface area contributed by atoms with Crippen LogP contribution < -0.4 is 10.5 Å². The van der Waals surface area contributed by atoms with E-state index >= 15 is 0 Å². The Morgan fingerprint density at radius 1 is 1.27 bits per heavy atom.